The molecule has 1 N–H and O–H groups in total. The number of amides is 1. The minimum Gasteiger partial charge on any atom is -0.486 e. The second kappa shape index (κ2) is 7.50. The van der Waals surface area contributed by atoms with E-state index in [2.05, 4.69) is 10.4 Å². The maximum atomic E-state index is 12.4. The highest BCUT2D eigenvalue weighted by atomic mass is 16.6. The maximum absolute atomic E-state index is 12.4. The number of hydrogen-bond donors (Lipinski definition) is 1. The summed E-state index contributed by atoms with van der Waals surface area (Å²) >= 11 is 0. The van der Waals surface area contributed by atoms with E-state index in [1.165, 1.54) is 0 Å². The molecule has 1 aromatic carbocycles. The molecule has 8 heteroatoms. The zero-order chi connectivity index (χ0) is 19.6. The van der Waals surface area contributed by atoms with Crippen molar-refractivity contribution in [3.8, 4) is 17.6 Å². The van der Waals surface area contributed by atoms with Gasteiger partial charge in [-0.25, -0.2) is 4.68 Å². The van der Waals surface area contributed by atoms with Gasteiger partial charge in [0.15, 0.2) is 11.5 Å². The Morgan fingerprint density at radius 3 is 2.74 bits per heavy atom. The van der Waals surface area contributed by atoms with Gasteiger partial charge in [-0.05, 0) is 44.0 Å². The number of nitrogens with one attached hydrogen (secondary N) is 1. The second-order valence-corrected chi connectivity index (χ2v) is 6.35. The van der Waals surface area contributed by atoms with Crippen LogP contribution >= 0.6 is 0 Å². The molecule has 1 aromatic heterocycles. The van der Waals surface area contributed by atoms with E-state index >= 15 is 0 Å². The molecule has 140 valence electrons. The zero-order valence-corrected chi connectivity index (χ0v) is 15.4. The molecule has 0 unspecified atom stereocenters. The summed E-state index contributed by atoms with van der Waals surface area (Å²) in [4.78, 5) is 24.7. The van der Waals surface area contributed by atoms with Crippen LogP contribution in [0, 0.1) is 25.2 Å². The van der Waals surface area contributed by atoms with Gasteiger partial charge in [0.1, 0.15) is 31.4 Å². The van der Waals surface area contributed by atoms with Crippen molar-refractivity contribution in [1.29, 1.82) is 5.26 Å². The van der Waals surface area contributed by atoms with Crippen molar-refractivity contribution >= 4 is 5.91 Å². The summed E-state index contributed by atoms with van der Waals surface area (Å²) in [6.07, 6.45) is 0. The van der Waals surface area contributed by atoms with Crippen LogP contribution in [-0.2, 0) is 11.3 Å². The van der Waals surface area contributed by atoms with Crippen molar-refractivity contribution in [1.82, 2.24) is 15.1 Å². The van der Waals surface area contributed by atoms with Crippen molar-refractivity contribution in [3.05, 3.63) is 50.9 Å². The average Bonchev–Trinajstić information content (AvgIpc) is 2.66. The van der Waals surface area contributed by atoms with Gasteiger partial charge in [-0.3, -0.25) is 9.59 Å². The first-order chi connectivity index (χ1) is 12.9. The molecule has 0 spiro atoms. The number of benzene rings is 1. The van der Waals surface area contributed by atoms with Gasteiger partial charge >= 0.3 is 0 Å². The van der Waals surface area contributed by atoms with Crippen LogP contribution in [0.1, 0.15) is 35.3 Å². The van der Waals surface area contributed by atoms with Crippen LogP contribution in [-0.4, -0.2) is 28.9 Å². The van der Waals surface area contributed by atoms with Gasteiger partial charge in [-0.15, -0.1) is 0 Å². The SMILES string of the molecule is Cc1nn(CC(=O)N[C@H](C)c2ccc3c(c2)OCCO3)c(=O)c(C#N)c1C. The first kappa shape index (κ1) is 18.5. The Morgan fingerprint density at radius 2 is 2.04 bits per heavy atom. The molecule has 0 fully saturated rings. The Bertz CT molecular complexity index is 990. The van der Waals surface area contributed by atoms with Gasteiger partial charge in [0, 0.05) is 0 Å². The predicted molar refractivity (Wildman–Crippen MR) is 96.7 cm³/mol. The topological polar surface area (TPSA) is 106 Å². The van der Waals surface area contributed by atoms with Gasteiger partial charge in [0.25, 0.3) is 5.56 Å². The fourth-order valence-electron chi connectivity index (χ4n) is 2.85. The Morgan fingerprint density at radius 1 is 1.33 bits per heavy atom. The fraction of sp³-hybridized carbons (Fsp3) is 0.368. The van der Waals surface area contributed by atoms with Gasteiger partial charge in [-0.1, -0.05) is 6.07 Å². The number of fused-ring (bicyclic) bond motifs is 1. The van der Waals surface area contributed by atoms with Crippen LogP contribution in [0.5, 0.6) is 11.5 Å². The van der Waals surface area contributed by atoms with Crippen molar-refractivity contribution in [2.45, 2.75) is 33.4 Å². The molecule has 8 nitrogen and oxygen atoms in total. The highest BCUT2D eigenvalue weighted by molar-refractivity contribution is 5.76. The minimum atomic E-state index is -0.567. The molecule has 0 saturated heterocycles. The third kappa shape index (κ3) is 3.77. The van der Waals surface area contributed by atoms with E-state index in [0.717, 1.165) is 10.2 Å². The van der Waals surface area contributed by atoms with Gasteiger partial charge in [0.05, 0.1) is 11.7 Å². The summed E-state index contributed by atoms with van der Waals surface area (Å²) in [7, 11) is 0. The Hall–Kier alpha value is -3.34. The number of aromatic nitrogens is 2. The summed E-state index contributed by atoms with van der Waals surface area (Å²) in [5, 5.41) is 16.1. The predicted octanol–water partition coefficient (Wildman–Crippen LogP) is 1.38. The number of nitrogens with zero attached hydrogens (tertiary/aromatic N) is 3. The van der Waals surface area contributed by atoms with Gasteiger partial charge in [0.2, 0.25) is 5.91 Å². The van der Waals surface area contributed by atoms with E-state index in [1.807, 2.05) is 25.1 Å². The largest absolute Gasteiger partial charge is 0.486 e. The van der Waals surface area contributed by atoms with E-state index in [0.29, 0.717) is 36.0 Å². The molecule has 0 aliphatic carbocycles. The number of rotatable bonds is 4. The van der Waals surface area contributed by atoms with Crippen LogP contribution in [0.3, 0.4) is 0 Å². The zero-order valence-electron chi connectivity index (χ0n) is 15.4. The molecule has 2 heterocycles. The lowest BCUT2D eigenvalue weighted by atomic mass is 10.1. The highest BCUT2D eigenvalue weighted by Gasteiger charge is 2.18. The maximum Gasteiger partial charge on any atom is 0.285 e. The molecule has 1 aliphatic rings. The van der Waals surface area contributed by atoms with E-state index in [1.54, 1.807) is 19.9 Å². The lowest BCUT2D eigenvalue weighted by molar-refractivity contribution is -0.122. The number of nitriles is 1. The first-order valence-electron chi connectivity index (χ1n) is 8.58. The van der Waals surface area contributed by atoms with Crippen molar-refractivity contribution in [2.75, 3.05) is 13.2 Å². The third-order valence-corrected chi connectivity index (χ3v) is 4.49. The van der Waals surface area contributed by atoms with E-state index < -0.39 is 5.56 Å². The summed E-state index contributed by atoms with van der Waals surface area (Å²) in [6.45, 7) is 5.93. The molecule has 0 bridgehead atoms. The Labute approximate surface area is 156 Å². The molecular weight excluding hydrogens is 348 g/mol. The Balaban J connectivity index is 1.74. The number of carbonyl (C=O) groups excluding carboxylic acids is 1. The molecular formula is C19H20N4O4. The standard InChI is InChI=1S/C19H20N4O4/c1-11-12(2)22-23(19(25)15(11)9-20)10-18(24)21-13(3)14-4-5-16-17(8-14)27-7-6-26-16/h4-5,8,13H,6-7,10H2,1-3H3,(H,21,24)/t13-/m1/s1. The molecule has 0 radical (unpaired) electrons. The summed E-state index contributed by atoms with van der Waals surface area (Å²) in [5.41, 5.74) is 1.37. The molecule has 3 rings (SSSR count). The van der Waals surface area contributed by atoms with Crippen LogP contribution < -0.4 is 20.3 Å². The number of hydrogen-bond acceptors (Lipinski definition) is 6. The lowest BCUT2D eigenvalue weighted by Gasteiger charge is -2.21. The monoisotopic (exact) mass is 368 g/mol. The molecule has 2 aromatic rings. The molecule has 0 saturated carbocycles. The van der Waals surface area contributed by atoms with Gasteiger partial charge in [-0.2, -0.15) is 10.4 Å². The summed E-state index contributed by atoms with van der Waals surface area (Å²) in [5.74, 6) is 0.947. The number of aryl methyl sites for hydroxylation is 1. The number of carbonyl (C=O) groups is 1. The second-order valence-electron chi connectivity index (χ2n) is 6.35. The molecule has 1 atom stereocenters. The third-order valence-electron chi connectivity index (χ3n) is 4.49. The van der Waals surface area contributed by atoms with Crippen molar-refractivity contribution in [3.63, 3.8) is 0 Å². The summed E-state index contributed by atoms with van der Waals surface area (Å²) < 4.78 is 12.1. The average molecular weight is 368 g/mol. The normalized spacial score (nSPS) is 13.6. The van der Waals surface area contributed by atoms with Crippen molar-refractivity contribution < 1.29 is 14.3 Å². The summed E-state index contributed by atoms with van der Waals surface area (Å²) in [6, 6.07) is 7.07. The van der Waals surface area contributed by atoms with Crippen LogP contribution in [0.15, 0.2) is 23.0 Å². The fourth-order valence-corrected chi connectivity index (χ4v) is 2.85. The molecule has 1 aliphatic heterocycles. The number of ether oxygens (including phenoxy) is 2. The van der Waals surface area contributed by atoms with E-state index in [-0.39, 0.29) is 24.1 Å². The lowest BCUT2D eigenvalue weighted by Crippen LogP contribution is -2.36. The first-order valence-corrected chi connectivity index (χ1v) is 8.58. The van der Waals surface area contributed by atoms with Gasteiger partial charge < -0.3 is 14.8 Å². The van der Waals surface area contributed by atoms with E-state index in [9.17, 15) is 9.59 Å². The Kier molecular flexibility index (Phi) is 5.12. The minimum absolute atomic E-state index is 0.00943. The molecule has 1 amide bonds. The molecule has 27 heavy (non-hydrogen) atoms. The van der Waals surface area contributed by atoms with Crippen LogP contribution in [0.25, 0.3) is 0 Å². The van der Waals surface area contributed by atoms with E-state index in [4.69, 9.17) is 14.7 Å². The van der Waals surface area contributed by atoms with Crippen LogP contribution in [0.4, 0.5) is 0 Å². The van der Waals surface area contributed by atoms with Crippen LogP contribution in [0.2, 0.25) is 0 Å². The highest BCUT2D eigenvalue weighted by Crippen LogP contribution is 2.32. The quantitative estimate of drug-likeness (QED) is 0.874. The smallest absolute Gasteiger partial charge is 0.285 e. The van der Waals surface area contributed by atoms with Crippen molar-refractivity contribution in [2.24, 2.45) is 0 Å².